The number of fused-ring (bicyclic) bond motifs is 1. The van der Waals surface area contributed by atoms with Crippen LogP contribution in [0.3, 0.4) is 0 Å². The Morgan fingerprint density at radius 2 is 2.36 bits per heavy atom. The molecule has 0 aliphatic carbocycles. The molecule has 2 heterocycles. The summed E-state index contributed by atoms with van der Waals surface area (Å²) in [4.78, 5) is 8.61. The highest BCUT2D eigenvalue weighted by Crippen LogP contribution is 2.31. The standard InChI is InChI=1S/C9H11N3S2/c1-3-5-6(10)4-11-8-7(5)14-9(12-8)13-2/h4H,3,10H2,1-2H3. The first-order valence-corrected chi connectivity index (χ1v) is 6.38. The van der Waals surface area contributed by atoms with E-state index in [2.05, 4.69) is 16.9 Å². The lowest BCUT2D eigenvalue weighted by atomic mass is 10.2. The second-order valence-corrected chi connectivity index (χ2v) is 4.93. The molecule has 0 saturated heterocycles. The van der Waals surface area contributed by atoms with Crippen LogP contribution in [0.1, 0.15) is 12.5 Å². The van der Waals surface area contributed by atoms with Gasteiger partial charge < -0.3 is 5.73 Å². The fourth-order valence-electron chi connectivity index (χ4n) is 1.37. The molecule has 0 fully saturated rings. The molecule has 0 bridgehead atoms. The Hall–Kier alpha value is -0.810. The zero-order chi connectivity index (χ0) is 10.1. The third kappa shape index (κ3) is 1.46. The molecule has 0 aromatic carbocycles. The number of aromatic nitrogens is 2. The van der Waals surface area contributed by atoms with Gasteiger partial charge in [0, 0.05) is 0 Å². The topological polar surface area (TPSA) is 51.8 Å². The molecule has 0 unspecified atom stereocenters. The number of nitrogen functional groups attached to an aromatic ring is 1. The third-order valence-electron chi connectivity index (χ3n) is 2.07. The van der Waals surface area contributed by atoms with Crippen molar-refractivity contribution in [1.29, 1.82) is 0 Å². The van der Waals surface area contributed by atoms with Crippen molar-refractivity contribution >= 4 is 39.1 Å². The lowest BCUT2D eigenvalue weighted by Crippen LogP contribution is -1.94. The van der Waals surface area contributed by atoms with E-state index < -0.39 is 0 Å². The van der Waals surface area contributed by atoms with Crippen molar-refractivity contribution in [1.82, 2.24) is 9.97 Å². The second-order valence-electron chi connectivity index (χ2n) is 2.88. The average Bonchev–Trinajstić information content (AvgIpc) is 2.60. The molecule has 0 spiro atoms. The largest absolute Gasteiger partial charge is 0.397 e. The van der Waals surface area contributed by atoms with Crippen molar-refractivity contribution in [3.8, 4) is 0 Å². The number of pyridine rings is 1. The summed E-state index contributed by atoms with van der Waals surface area (Å²) in [5, 5.41) is 0. The molecule has 0 aliphatic rings. The Morgan fingerprint density at radius 3 is 3.00 bits per heavy atom. The van der Waals surface area contributed by atoms with E-state index in [0.717, 1.165) is 26.8 Å². The summed E-state index contributed by atoms with van der Waals surface area (Å²) in [5.74, 6) is 0. The van der Waals surface area contributed by atoms with Crippen LogP contribution in [0.4, 0.5) is 5.69 Å². The Labute approximate surface area is 90.8 Å². The summed E-state index contributed by atoms with van der Waals surface area (Å²) in [6, 6.07) is 0. The Balaban J connectivity index is 2.73. The van der Waals surface area contributed by atoms with E-state index in [1.807, 2.05) is 6.26 Å². The van der Waals surface area contributed by atoms with Gasteiger partial charge in [0.05, 0.1) is 16.6 Å². The van der Waals surface area contributed by atoms with Gasteiger partial charge in [-0.15, -0.1) is 11.3 Å². The van der Waals surface area contributed by atoms with Crippen LogP contribution in [0, 0.1) is 0 Å². The van der Waals surface area contributed by atoms with Crippen LogP contribution < -0.4 is 5.73 Å². The van der Waals surface area contributed by atoms with Gasteiger partial charge >= 0.3 is 0 Å². The highest BCUT2D eigenvalue weighted by molar-refractivity contribution is 8.00. The SMILES string of the molecule is CCc1c(N)cnc2nc(SC)sc12. The highest BCUT2D eigenvalue weighted by atomic mass is 32.2. The van der Waals surface area contributed by atoms with Gasteiger partial charge in [-0.3, -0.25) is 0 Å². The normalized spacial score (nSPS) is 11.0. The number of hydrogen-bond acceptors (Lipinski definition) is 5. The molecule has 2 aromatic rings. The van der Waals surface area contributed by atoms with E-state index >= 15 is 0 Å². The van der Waals surface area contributed by atoms with Crippen molar-refractivity contribution in [3.63, 3.8) is 0 Å². The van der Waals surface area contributed by atoms with Gasteiger partial charge in [0.2, 0.25) is 0 Å². The van der Waals surface area contributed by atoms with Crippen LogP contribution in [0.2, 0.25) is 0 Å². The number of aryl methyl sites for hydroxylation is 1. The lowest BCUT2D eigenvalue weighted by Gasteiger charge is -2.01. The van der Waals surface area contributed by atoms with Crippen molar-refractivity contribution in [2.45, 2.75) is 17.7 Å². The van der Waals surface area contributed by atoms with E-state index in [0.29, 0.717) is 0 Å². The first kappa shape index (κ1) is 9.73. The Morgan fingerprint density at radius 1 is 1.57 bits per heavy atom. The lowest BCUT2D eigenvalue weighted by molar-refractivity contribution is 1.15. The maximum atomic E-state index is 5.86. The fraction of sp³-hybridized carbons (Fsp3) is 0.333. The van der Waals surface area contributed by atoms with Crippen molar-refractivity contribution in [2.24, 2.45) is 0 Å². The molecule has 74 valence electrons. The van der Waals surface area contributed by atoms with Crippen molar-refractivity contribution in [3.05, 3.63) is 11.8 Å². The van der Waals surface area contributed by atoms with Gasteiger partial charge in [-0.05, 0) is 18.2 Å². The second kappa shape index (κ2) is 3.74. The number of rotatable bonds is 2. The predicted molar refractivity (Wildman–Crippen MR) is 63.0 cm³/mol. The maximum Gasteiger partial charge on any atom is 0.171 e. The van der Waals surface area contributed by atoms with E-state index in [4.69, 9.17) is 5.73 Å². The molecule has 0 aliphatic heterocycles. The van der Waals surface area contributed by atoms with Gasteiger partial charge in [-0.25, -0.2) is 9.97 Å². The van der Waals surface area contributed by atoms with Gasteiger partial charge in [-0.2, -0.15) is 0 Å². The van der Waals surface area contributed by atoms with Crippen molar-refractivity contribution < 1.29 is 0 Å². The molecule has 0 atom stereocenters. The van der Waals surface area contributed by atoms with Gasteiger partial charge in [-0.1, -0.05) is 18.7 Å². The highest BCUT2D eigenvalue weighted by Gasteiger charge is 2.10. The van der Waals surface area contributed by atoms with E-state index in [1.165, 1.54) is 5.56 Å². The van der Waals surface area contributed by atoms with E-state index in [-0.39, 0.29) is 0 Å². The van der Waals surface area contributed by atoms with Gasteiger partial charge in [0.15, 0.2) is 9.99 Å². The monoisotopic (exact) mass is 225 g/mol. The summed E-state index contributed by atoms with van der Waals surface area (Å²) in [7, 11) is 0. The van der Waals surface area contributed by atoms with E-state index in [9.17, 15) is 0 Å². The molecule has 3 nitrogen and oxygen atoms in total. The Bertz CT molecular complexity index is 464. The van der Waals surface area contributed by atoms with Gasteiger partial charge in [0.1, 0.15) is 0 Å². The number of anilines is 1. The number of hydrogen-bond donors (Lipinski definition) is 1. The zero-order valence-electron chi connectivity index (χ0n) is 8.07. The maximum absolute atomic E-state index is 5.86. The first-order valence-electron chi connectivity index (χ1n) is 4.34. The van der Waals surface area contributed by atoms with Crippen LogP contribution in [-0.2, 0) is 6.42 Å². The molecule has 0 amide bonds. The third-order valence-corrected chi connectivity index (χ3v) is 4.16. The first-order chi connectivity index (χ1) is 6.76. The molecule has 0 saturated carbocycles. The molecule has 0 radical (unpaired) electrons. The van der Waals surface area contributed by atoms with Crippen LogP contribution in [0.25, 0.3) is 10.3 Å². The molecular formula is C9H11N3S2. The van der Waals surface area contributed by atoms with Crippen LogP contribution >= 0.6 is 23.1 Å². The van der Waals surface area contributed by atoms with E-state index in [1.54, 1.807) is 29.3 Å². The predicted octanol–water partition coefficient (Wildman–Crippen LogP) is 2.56. The number of nitrogens with zero attached hydrogens (tertiary/aromatic N) is 2. The van der Waals surface area contributed by atoms with Crippen LogP contribution in [0.15, 0.2) is 10.5 Å². The summed E-state index contributed by atoms with van der Waals surface area (Å²) in [5.41, 5.74) is 8.63. The number of thioether (sulfide) groups is 1. The molecule has 5 heteroatoms. The summed E-state index contributed by atoms with van der Waals surface area (Å²) in [6.45, 7) is 2.10. The minimum Gasteiger partial charge on any atom is -0.397 e. The van der Waals surface area contributed by atoms with Crippen LogP contribution in [0.5, 0.6) is 0 Å². The minimum absolute atomic E-state index is 0.774. The van der Waals surface area contributed by atoms with Gasteiger partial charge in [0.25, 0.3) is 0 Å². The smallest absolute Gasteiger partial charge is 0.171 e. The fourth-order valence-corrected chi connectivity index (χ4v) is 3.01. The summed E-state index contributed by atoms with van der Waals surface area (Å²) >= 11 is 3.32. The molecular weight excluding hydrogens is 214 g/mol. The van der Waals surface area contributed by atoms with Crippen LogP contribution in [-0.4, -0.2) is 16.2 Å². The van der Waals surface area contributed by atoms with Crippen molar-refractivity contribution in [2.75, 3.05) is 12.0 Å². The molecule has 2 rings (SSSR count). The Kier molecular flexibility index (Phi) is 2.60. The summed E-state index contributed by atoms with van der Waals surface area (Å²) in [6.07, 6.45) is 4.65. The molecule has 2 aromatic heterocycles. The quantitative estimate of drug-likeness (QED) is 0.798. The number of nitrogens with two attached hydrogens (primary N) is 1. The number of thiazole rings is 1. The molecule has 2 N–H and O–H groups in total. The average molecular weight is 225 g/mol. The molecule has 14 heavy (non-hydrogen) atoms. The minimum atomic E-state index is 0.774. The summed E-state index contributed by atoms with van der Waals surface area (Å²) < 4.78 is 2.18. The zero-order valence-corrected chi connectivity index (χ0v) is 9.71.